The minimum Gasteiger partial charge on any atom is -0.504 e. The number of phenolic OH excluding ortho intramolecular Hbond substituents is 1. The van der Waals surface area contributed by atoms with Gasteiger partial charge in [-0.2, -0.15) is 0 Å². The molecule has 0 atom stereocenters. The summed E-state index contributed by atoms with van der Waals surface area (Å²) in [7, 11) is 3.06. The quantitative estimate of drug-likeness (QED) is 0.723. The Morgan fingerprint density at radius 2 is 1.94 bits per heavy atom. The number of hydrogen-bond acceptors (Lipinski definition) is 4. The van der Waals surface area contributed by atoms with Crippen molar-refractivity contribution in [2.45, 2.75) is 19.3 Å². The number of aromatic hydroxyl groups is 1. The molecule has 0 aromatic heterocycles. The molecule has 0 saturated heterocycles. The molecule has 0 aliphatic rings. The fourth-order valence-corrected chi connectivity index (χ4v) is 1.62. The summed E-state index contributed by atoms with van der Waals surface area (Å²) >= 11 is 0. The van der Waals surface area contributed by atoms with Crippen molar-refractivity contribution in [1.82, 2.24) is 0 Å². The molecule has 0 fully saturated rings. The first-order valence-corrected chi connectivity index (χ1v) is 5.36. The molecule has 1 aromatic carbocycles. The monoisotopic (exact) mass is 225 g/mol. The Labute approximate surface area is 96.0 Å². The van der Waals surface area contributed by atoms with Gasteiger partial charge < -0.3 is 20.3 Å². The van der Waals surface area contributed by atoms with Gasteiger partial charge in [0.2, 0.25) is 5.75 Å². The van der Waals surface area contributed by atoms with Gasteiger partial charge in [-0.25, -0.2) is 0 Å². The third-order valence-corrected chi connectivity index (χ3v) is 2.44. The average Bonchev–Trinajstić information content (AvgIpc) is 2.28. The molecule has 4 heteroatoms. The van der Waals surface area contributed by atoms with Crippen molar-refractivity contribution >= 4 is 0 Å². The van der Waals surface area contributed by atoms with Crippen LogP contribution in [0.15, 0.2) is 12.1 Å². The van der Waals surface area contributed by atoms with Crippen molar-refractivity contribution in [2.24, 2.45) is 5.73 Å². The Hall–Kier alpha value is -1.42. The number of benzene rings is 1. The van der Waals surface area contributed by atoms with E-state index in [1.807, 2.05) is 6.07 Å². The van der Waals surface area contributed by atoms with E-state index in [9.17, 15) is 5.11 Å². The smallest absolute Gasteiger partial charge is 0.203 e. The predicted octanol–water partition coefficient (Wildman–Crippen LogP) is 1.69. The molecule has 0 saturated carbocycles. The largest absolute Gasteiger partial charge is 0.504 e. The minimum atomic E-state index is 0.115. The van der Waals surface area contributed by atoms with E-state index in [1.54, 1.807) is 13.2 Å². The van der Waals surface area contributed by atoms with E-state index in [-0.39, 0.29) is 5.75 Å². The highest BCUT2D eigenvalue weighted by atomic mass is 16.5. The lowest BCUT2D eigenvalue weighted by atomic mass is 10.1. The SMILES string of the molecule is COc1cc(CCCCN)cc(O)c1OC. The molecular formula is C12H19NO3. The van der Waals surface area contributed by atoms with Crippen LogP contribution in [0.1, 0.15) is 18.4 Å². The molecule has 0 aliphatic heterocycles. The maximum absolute atomic E-state index is 9.73. The normalized spacial score (nSPS) is 10.2. The van der Waals surface area contributed by atoms with Crippen molar-refractivity contribution in [1.29, 1.82) is 0 Å². The van der Waals surface area contributed by atoms with Crippen LogP contribution in [0.25, 0.3) is 0 Å². The highest BCUT2D eigenvalue weighted by Crippen LogP contribution is 2.37. The summed E-state index contributed by atoms with van der Waals surface area (Å²) in [5.74, 6) is 1.06. The van der Waals surface area contributed by atoms with Crippen molar-refractivity contribution in [2.75, 3.05) is 20.8 Å². The third kappa shape index (κ3) is 3.03. The van der Waals surface area contributed by atoms with Gasteiger partial charge in [-0.15, -0.1) is 0 Å². The summed E-state index contributed by atoms with van der Waals surface area (Å²) in [6.45, 7) is 0.694. The zero-order valence-corrected chi connectivity index (χ0v) is 9.82. The van der Waals surface area contributed by atoms with Crippen LogP contribution in [0.2, 0.25) is 0 Å². The molecule has 0 radical (unpaired) electrons. The molecule has 16 heavy (non-hydrogen) atoms. The molecule has 3 N–H and O–H groups in total. The lowest BCUT2D eigenvalue weighted by Crippen LogP contribution is -1.99. The fraction of sp³-hybridized carbons (Fsp3) is 0.500. The van der Waals surface area contributed by atoms with Crippen molar-refractivity contribution < 1.29 is 14.6 Å². The summed E-state index contributed by atoms with van der Waals surface area (Å²) in [6.07, 6.45) is 2.87. The Kier molecular flexibility index (Phi) is 4.92. The first-order chi connectivity index (χ1) is 7.72. The van der Waals surface area contributed by atoms with E-state index in [1.165, 1.54) is 7.11 Å². The molecular weight excluding hydrogens is 206 g/mol. The number of aryl methyl sites for hydroxylation is 1. The van der Waals surface area contributed by atoms with Crippen molar-refractivity contribution in [3.05, 3.63) is 17.7 Å². The van der Waals surface area contributed by atoms with Crippen LogP contribution in [0.5, 0.6) is 17.2 Å². The highest BCUT2D eigenvalue weighted by Gasteiger charge is 2.11. The summed E-state index contributed by atoms with van der Waals surface area (Å²) in [6, 6.07) is 3.59. The van der Waals surface area contributed by atoms with Gasteiger partial charge in [-0.1, -0.05) is 0 Å². The van der Waals surface area contributed by atoms with Crippen LogP contribution in [-0.4, -0.2) is 25.9 Å². The zero-order chi connectivity index (χ0) is 12.0. The van der Waals surface area contributed by atoms with E-state index in [4.69, 9.17) is 15.2 Å². The van der Waals surface area contributed by atoms with Crippen LogP contribution >= 0.6 is 0 Å². The summed E-state index contributed by atoms with van der Waals surface area (Å²) in [4.78, 5) is 0. The maximum atomic E-state index is 9.73. The van der Waals surface area contributed by atoms with Crippen LogP contribution in [0.3, 0.4) is 0 Å². The van der Waals surface area contributed by atoms with Gasteiger partial charge in [0.15, 0.2) is 11.5 Å². The van der Waals surface area contributed by atoms with E-state index < -0.39 is 0 Å². The lowest BCUT2D eigenvalue weighted by molar-refractivity contribution is 0.332. The molecule has 90 valence electrons. The minimum absolute atomic E-state index is 0.115. The van der Waals surface area contributed by atoms with Crippen LogP contribution < -0.4 is 15.2 Å². The van der Waals surface area contributed by atoms with Crippen molar-refractivity contribution in [3.63, 3.8) is 0 Å². The summed E-state index contributed by atoms with van der Waals surface area (Å²) in [5.41, 5.74) is 6.46. The number of hydrogen-bond donors (Lipinski definition) is 2. The second-order valence-corrected chi connectivity index (χ2v) is 3.60. The molecule has 0 bridgehead atoms. The Morgan fingerprint density at radius 3 is 2.50 bits per heavy atom. The third-order valence-electron chi connectivity index (χ3n) is 2.44. The van der Waals surface area contributed by atoms with E-state index in [2.05, 4.69) is 0 Å². The van der Waals surface area contributed by atoms with Crippen LogP contribution in [0.4, 0.5) is 0 Å². The van der Waals surface area contributed by atoms with Gasteiger partial charge in [-0.05, 0) is 43.5 Å². The highest BCUT2D eigenvalue weighted by molar-refractivity contribution is 5.53. The molecule has 4 nitrogen and oxygen atoms in total. The van der Waals surface area contributed by atoms with E-state index >= 15 is 0 Å². The maximum Gasteiger partial charge on any atom is 0.203 e. The molecule has 1 aromatic rings. The second-order valence-electron chi connectivity index (χ2n) is 3.60. The van der Waals surface area contributed by atoms with Gasteiger partial charge in [0.1, 0.15) is 0 Å². The Morgan fingerprint density at radius 1 is 1.19 bits per heavy atom. The van der Waals surface area contributed by atoms with Crippen molar-refractivity contribution in [3.8, 4) is 17.2 Å². The lowest BCUT2D eigenvalue weighted by Gasteiger charge is -2.11. The second kappa shape index (κ2) is 6.23. The number of rotatable bonds is 6. The molecule has 0 heterocycles. The summed E-state index contributed by atoms with van der Waals surface area (Å²) < 4.78 is 10.2. The topological polar surface area (TPSA) is 64.7 Å². The van der Waals surface area contributed by atoms with Gasteiger partial charge in [-0.3, -0.25) is 0 Å². The number of nitrogens with two attached hydrogens (primary N) is 1. The van der Waals surface area contributed by atoms with E-state index in [0.29, 0.717) is 18.0 Å². The molecule has 0 unspecified atom stereocenters. The Bertz CT molecular complexity index is 339. The first-order valence-electron chi connectivity index (χ1n) is 5.36. The zero-order valence-electron chi connectivity index (χ0n) is 9.82. The van der Waals surface area contributed by atoms with E-state index in [0.717, 1.165) is 24.8 Å². The molecule has 1 rings (SSSR count). The first kappa shape index (κ1) is 12.6. The molecule has 0 amide bonds. The van der Waals surface area contributed by atoms with Gasteiger partial charge in [0.25, 0.3) is 0 Å². The average molecular weight is 225 g/mol. The number of methoxy groups -OCH3 is 2. The number of unbranched alkanes of at least 4 members (excludes halogenated alkanes) is 1. The van der Waals surface area contributed by atoms with Gasteiger partial charge in [0.05, 0.1) is 14.2 Å². The van der Waals surface area contributed by atoms with Gasteiger partial charge in [0, 0.05) is 0 Å². The fourth-order valence-electron chi connectivity index (χ4n) is 1.62. The standard InChI is InChI=1S/C12H19NO3/c1-15-11-8-9(5-3-4-6-13)7-10(14)12(11)16-2/h7-8,14H,3-6,13H2,1-2H3. The van der Waals surface area contributed by atoms with Crippen LogP contribution in [0, 0.1) is 0 Å². The number of ether oxygens (including phenoxy) is 2. The Balaban J connectivity index is 2.83. The number of phenols is 1. The summed E-state index contributed by atoms with van der Waals surface area (Å²) in [5, 5.41) is 9.73. The molecule has 0 spiro atoms. The predicted molar refractivity (Wildman–Crippen MR) is 63.2 cm³/mol. The van der Waals surface area contributed by atoms with Crippen LogP contribution in [-0.2, 0) is 6.42 Å². The van der Waals surface area contributed by atoms with Gasteiger partial charge >= 0.3 is 0 Å². The molecule has 0 aliphatic carbocycles.